The highest BCUT2D eigenvalue weighted by atomic mass is 16.5. The number of ether oxygens (including phenoxy) is 1. The van der Waals surface area contributed by atoms with Gasteiger partial charge in [0, 0.05) is 25.1 Å². The van der Waals surface area contributed by atoms with E-state index in [2.05, 4.69) is 12.2 Å². The van der Waals surface area contributed by atoms with Gasteiger partial charge < -0.3 is 20.3 Å². The van der Waals surface area contributed by atoms with Crippen LogP contribution in [0.1, 0.15) is 70.8 Å². The zero-order valence-electron chi connectivity index (χ0n) is 18.0. The van der Waals surface area contributed by atoms with E-state index >= 15 is 0 Å². The van der Waals surface area contributed by atoms with E-state index in [1.165, 1.54) is 25.7 Å². The van der Waals surface area contributed by atoms with E-state index < -0.39 is 18.1 Å². The third-order valence-corrected chi connectivity index (χ3v) is 5.48. The number of hydrogen-bond acceptors (Lipinski definition) is 5. The molecule has 0 aliphatic carbocycles. The van der Waals surface area contributed by atoms with E-state index in [1.54, 1.807) is 11.8 Å². The second-order valence-electron chi connectivity index (χ2n) is 8.08. The molecule has 6 nitrogen and oxygen atoms in total. The summed E-state index contributed by atoms with van der Waals surface area (Å²) in [7, 11) is 0. The summed E-state index contributed by atoms with van der Waals surface area (Å²) in [5, 5.41) is 24.4. The standard InChI is InChI=1S/C23H38N2O4/c1-3-4-5-6-7-8-12-15-21(27)24-22-23(28,20-13-10-9-11-14-20)25(16-17-29-22)18-19(2)26/h9-11,13-14,19,22,26,28H,3-8,12,15-18H2,1-2H3,(H,24,27)/t19?,22-,23-/m1/s1. The highest BCUT2D eigenvalue weighted by Gasteiger charge is 2.48. The van der Waals surface area contributed by atoms with E-state index in [1.807, 2.05) is 30.3 Å². The number of morpholine rings is 1. The van der Waals surface area contributed by atoms with Crippen LogP contribution in [0.15, 0.2) is 30.3 Å². The average molecular weight is 407 g/mol. The smallest absolute Gasteiger partial charge is 0.222 e. The monoisotopic (exact) mass is 406 g/mol. The summed E-state index contributed by atoms with van der Waals surface area (Å²) in [6.45, 7) is 5.04. The van der Waals surface area contributed by atoms with Gasteiger partial charge in [-0.05, 0) is 13.3 Å². The van der Waals surface area contributed by atoms with E-state index in [0.717, 1.165) is 19.3 Å². The summed E-state index contributed by atoms with van der Waals surface area (Å²) in [4.78, 5) is 14.3. The van der Waals surface area contributed by atoms with Crippen LogP contribution in [0.2, 0.25) is 0 Å². The fraction of sp³-hybridized carbons (Fsp3) is 0.696. The van der Waals surface area contributed by atoms with Gasteiger partial charge in [-0.25, -0.2) is 0 Å². The van der Waals surface area contributed by atoms with Crippen molar-refractivity contribution in [2.24, 2.45) is 0 Å². The lowest BCUT2D eigenvalue weighted by molar-refractivity contribution is -0.253. The molecule has 0 spiro atoms. The Kier molecular flexibility index (Phi) is 10.1. The van der Waals surface area contributed by atoms with Gasteiger partial charge in [0.05, 0.1) is 12.7 Å². The first-order valence-electron chi connectivity index (χ1n) is 11.1. The molecule has 2 rings (SSSR count). The molecule has 0 aromatic heterocycles. The highest BCUT2D eigenvalue weighted by molar-refractivity contribution is 5.76. The number of aliphatic hydroxyl groups is 2. The predicted octanol–water partition coefficient (Wildman–Crippen LogP) is 3.13. The van der Waals surface area contributed by atoms with Crippen LogP contribution in [0.3, 0.4) is 0 Å². The maximum absolute atomic E-state index is 12.5. The first kappa shape index (κ1) is 23.8. The molecular formula is C23H38N2O4. The Morgan fingerprint density at radius 3 is 2.52 bits per heavy atom. The van der Waals surface area contributed by atoms with E-state index in [9.17, 15) is 15.0 Å². The number of hydrogen-bond donors (Lipinski definition) is 3. The quantitative estimate of drug-likeness (QED) is 0.465. The fourth-order valence-electron chi connectivity index (χ4n) is 3.90. The maximum atomic E-state index is 12.5. The molecule has 1 aromatic rings. The Bertz CT molecular complexity index is 596. The van der Waals surface area contributed by atoms with Crippen molar-refractivity contribution in [3.8, 4) is 0 Å². The predicted molar refractivity (Wildman–Crippen MR) is 114 cm³/mol. The SMILES string of the molecule is CCCCCCCCCC(=O)N[C@@H]1OCCN(CC(C)O)[C@@]1(O)c1ccccc1. The number of amides is 1. The number of unbranched alkanes of at least 4 members (excludes halogenated alkanes) is 6. The number of β-amino-alcohol motifs (C(OH)–C–C–N with tert-alkyl or cyclic N) is 1. The van der Waals surface area contributed by atoms with Gasteiger partial charge in [0.1, 0.15) is 0 Å². The van der Waals surface area contributed by atoms with Crippen molar-refractivity contribution in [1.82, 2.24) is 10.2 Å². The summed E-state index contributed by atoms with van der Waals surface area (Å²) in [5.41, 5.74) is -0.881. The third kappa shape index (κ3) is 7.07. The molecule has 0 bridgehead atoms. The minimum atomic E-state index is -1.52. The van der Waals surface area contributed by atoms with Crippen molar-refractivity contribution in [3.63, 3.8) is 0 Å². The molecule has 29 heavy (non-hydrogen) atoms. The summed E-state index contributed by atoms with van der Waals surface area (Å²) in [6.07, 6.45) is 6.98. The van der Waals surface area contributed by atoms with Crippen LogP contribution in [0.25, 0.3) is 0 Å². The molecular weight excluding hydrogens is 368 g/mol. The van der Waals surface area contributed by atoms with Gasteiger partial charge in [0.15, 0.2) is 12.0 Å². The fourth-order valence-corrected chi connectivity index (χ4v) is 3.90. The lowest BCUT2D eigenvalue weighted by atomic mass is 9.96. The molecule has 1 fully saturated rings. The van der Waals surface area contributed by atoms with Crippen LogP contribution in [0, 0.1) is 0 Å². The second kappa shape index (κ2) is 12.3. The van der Waals surface area contributed by atoms with Crippen molar-refractivity contribution < 1.29 is 19.7 Å². The van der Waals surface area contributed by atoms with Crippen molar-refractivity contribution in [2.45, 2.75) is 83.3 Å². The van der Waals surface area contributed by atoms with Gasteiger partial charge in [0.25, 0.3) is 0 Å². The third-order valence-electron chi connectivity index (χ3n) is 5.48. The minimum absolute atomic E-state index is 0.114. The van der Waals surface area contributed by atoms with Gasteiger partial charge in [-0.15, -0.1) is 0 Å². The molecule has 164 valence electrons. The van der Waals surface area contributed by atoms with Crippen LogP contribution < -0.4 is 5.32 Å². The molecule has 0 saturated carbocycles. The molecule has 3 atom stereocenters. The van der Waals surface area contributed by atoms with Gasteiger partial charge in [0.2, 0.25) is 5.91 Å². The number of nitrogens with zero attached hydrogens (tertiary/aromatic N) is 1. The number of carbonyl (C=O) groups is 1. The van der Waals surface area contributed by atoms with Gasteiger partial charge in [-0.1, -0.05) is 75.8 Å². The summed E-state index contributed by atoms with van der Waals surface area (Å²) in [6, 6.07) is 9.21. The zero-order valence-corrected chi connectivity index (χ0v) is 18.0. The molecule has 1 aromatic carbocycles. The van der Waals surface area contributed by atoms with Crippen LogP contribution >= 0.6 is 0 Å². The minimum Gasteiger partial charge on any atom is -0.392 e. The van der Waals surface area contributed by atoms with Gasteiger partial charge in [-0.2, -0.15) is 0 Å². The highest BCUT2D eigenvalue weighted by Crippen LogP contribution is 2.33. The Balaban J connectivity index is 1.96. The maximum Gasteiger partial charge on any atom is 0.222 e. The van der Waals surface area contributed by atoms with Crippen LogP contribution in [-0.2, 0) is 15.3 Å². The molecule has 1 amide bonds. The molecule has 1 unspecified atom stereocenters. The number of carbonyl (C=O) groups excluding carboxylic acids is 1. The molecule has 3 N–H and O–H groups in total. The number of nitrogens with one attached hydrogen (secondary N) is 1. The normalized spacial score (nSPS) is 23.7. The zero-order chi connectivity index (χ0) is 21.1. The van der Waals surface area contributed by atoms with E-state index in [4.69, 9.17) is 4.74 Å². The lowest BCUT2D eigenvalue weighted by Crippen LogP contribution is -2.66. The average Bonchev–Trinajstić information content (AvgIpc) is 2.70. The number of rotatable bonds is 12. The Morgan fingerprint density at radius 2 is 1.86 bits per heavy atom. The number of aliphatic hydroxyl groups excluding tert-OH is 1. The lowest BCUT2D eigenvalue weighted by Gasteiger charge is -2.48. The Hall–Kier alpha value is -1.47. The second-order valence-corrected chi connectivity index (χ2v) is 8.08. The molecule has 1 saturated heterocycles. The molecule has 1 heterocycles. The summed E-state index contributed by atoms with van der Waals surface area (Å²) < 4.78 is 5.80. The molecule has 0 radical (unpaired) electrons. The molecule has 1 aliphatic rings. The van der Waals surface area contributed by atoms with Crippen molar-refractivity contribution >= 4 is 5.91 Å². The van der Waals surface area contributed by atoms with Crippen molar-refractivity contribution in [1.29, 1.82) is 0 Å². The Morgan fingerprint density at radius 1 is 1.21 bits per heavy atom. The molecule has 1 aliphatic heterocycles. The topological polar surface area (TPSA) is 82.0 Å². The van der Waals surface area contributed by atoms with Gasteiger partial charge >= 0.3 is 0 Å². The van der Waals surface area contributed by atoms with Crippen molar-refractivity contribution in [3.05, 3.63) is 35.9 Å². The van der Waals surface area contributed by atoms with Crippen LogP contribution in [0.4, 0.5) is 0 Å². The number of benzene rings is 1. The largest absolute Gasteiger partial charge is 0.392 e. The van der Waals surface area contributed by atoms with E-state index in [0.29, 0.717) is 31.7 Å². The summed E-state index contributed by atoms with van der Waals surface area (Å²) >= 11 is 0. The van der Waals surface area contributed by atoms with Crippen molar-refractivity contribution in [2.75, 3.05) is 19.7 Å². The first-order valence-corrected chi connectivity index (χ1v) is 11.1. The van der Waals surface area contributed by atoms with Crippen LogP contribution in [-0.4, -0.2) is 53.0 Å². The Labute approximate surface area is 175 Å². The summed E-state index contributed by atoms with van der Waals surface area (Å²) in [5.74, 6) is -0.114. The van der Waals surface area contributed by atoms with Crippen LogP contribution in [0.5, 0.6) is 0 Å². The first-order chi connectivity index (χ1) is 14.0. The van der Waals surface area contributed by atoms with Gasteiger partial charge in [-0.3, -0.25) is 9.69 Å². The molecule has 6 heteroatoms. The van der Waals surface area contributed by atoms with E-state index in [-0.39, 0.29) is 5.91 Å².